The molecule has 0 saturated heterocycles. The Morgan fingerprint density at radius 3 is 2.59 bits per heavy atom. The minimum Gasteiger partial charge on any atom is -0.380 e. The monoisotopic (exact) mass is 277 g/mol. The van der Waals surface area contributed by atoms with E-state index in [0.29, 0.717) is 5.56 Å². The van der Waals surface area contributed by atoms with Crippen LogP contribution in [0.2, 0.25) is 0 Å². The Hall–Kier alpha value is -1.11. The normalized spacial score (nSPS) is 11.2. The van der Waals surface area contributed by atoms with Gasteiger partial charge in [-0.15, -0.1) is 0 Å². The van der Waals surface area contributed by atoms with Gasteiger partial charge in [0.2, 0.25) is 0 Å². The molecule has 1 rings (SSSR count). The molecule has 1 amide bonds. The fourth-order valence-electron chi connectivity index (χ4n) is 1.34. The third-order valence-corrected chi connectivity index (χ3v) is 3.52. The number of carbonyl (C=O) groups excluding carboxylic acids is 1. The molecule has 1 aromatic carbocycles. The van der Waals surface area contributed by atoms with Crippen LogP contribution >= 0.6 is 10.7 Å². The number of amides is 1. The van der Waals surface area contributed by atoms with Crippen LogP contribution in [0.15, 0.2) is 23.1 Å². The zero-order valence-electron chi connectivity index (χ0n) is 9.36. The summed E-state index contributed by atoms with van der Waals surface area (Å²) >= 11 is 0. The molecular weight excluding hydrogens is 266 g/mol. The van der Waals surface area contributed by atoms with Crippen LogP contribution in [-0.4, -0.2) is 28.5 Å². The number of nitrogens with one attached hydrogen (secondary N) is 1. The average Bonchev–Trinajstić information content (AvgIpc) is 2.27. The van der Waals surface area contributed by atoms with Gasteiger partial charge >= 0.3 is 0 Å². The molecule has 0 atom stereocenters. The van der Waals surface area contributed by atoms with Crippen LogP contribution in [0.5, 0.6) is 0 Å². The molecule has 7 heteroatoms. The van der Waals surface area contributed by atoms with Crippen LogP contribution < -0.4 is 5.32 Å². The first-order valence-electron chi connectivity index (χ1n) is 4.68. The van der Waals surface area contributed by atoms with Crippen molar-refractivity contribution >= 4 is 25.6 Å². The summed E-state index contributed by atoms with van der Waals surface area (Å²) in [4.78, 5) is 11.3. The summed E-state index contributed by atoms with van der Waals surface area (Å²) < 4.78 is 27.6. The summed E-state index contributed by atoms with van der Waals surface area (Å²) in [6.45, 7) is 0.106. The molecule has 0 aliphatic carbocycles. The summed E-state index contributed by atoms with van der Waals surface area (Å²) in [5.74, 6) is -0.379. The summed E-state index contributed by atoms with van der Waals surface area (Å²) in [7, 11) is 4.30. The van der Waals surface area contributed by atoms with Gasteiger partial charge in [0.1, 0.15) is 0 Å². The SMILES string of the molecule is CNC(=O)c1ccc(COC)c(S(=O)(=O)Cl)c1. The second kappa shape index (κ2) is 5.48. The predicted molar refractivity (Wildman–Crippen MR) is 63.6 cm³/mol. The van der Waals surface area contributed by atoms with Crippen molar-refractivity contribution < 1.29 is 17.9 Å². The Kier molecular flexibility index (Phi) is 4.50. The Bertz CT molecular complexity index is 527. The third kappa shape index (κ3) is 3.42. The number of ether oxygens (including phenoxy) is 1. The number of hydrogen-bond acceptors (Lipinski definition) is 4. The lowest BCUT2D eigenvalue weighted by Gasteiger charge is -2.08. The number of benzene rings is 1. The van der Waals surface area contributed by atoms with Gasteiger partial charge in [0.25, 0.3) is 15.0 Å². The van der Waals surface area contributed by atoms with Gasteiger partial charge < -0.3 is 10.1 Å². The summed E-state index contributed by atoms with van der Waals surface area (Å²) in [5.41, 5.74) is 0.640. The van der Waals surface area contributed by atoms with Gasteiger partial charge in [-0.2, -0.15) is 0 Å². The molecule has 0 heterocycles. The largest absolute Gasteiger partial charge is 0.380 e. The van der Waals surface area contributed by atoms with Crippen LogP contribution in [-0.2, 0) is 20.4 Å². The van der Waals surface area contributed by atoms with Crippen molar-refractivity contribution in [3.8, 4) is 0 Å². The van der Waals surface area contributed by atoms with Crippen LogP contribution in [0.25, 0.3) is 0 Å². The van der Waals surface area contributed by atoms with Crippen molar-refractivity contribution in [2.45, 2.75) is 11.5 Å². The molecule has 0 unspecified atom stereocenters. The maximum atomic E-state index is 11.4. The number of halogens is 1. The van der Waals surface area contributed by atoms with Crippen LogP contribution in [0.1, 0.15) is 15.9 Å². The molecule has 1 aromatic rings. The first kappa shape index (κ1) is 14.0. The topological polar surface area (TPSA) is 72.5 Å². The van der Waals surface area contributed by atoms with E-state index >= 15 is 0 Å². The van der Waals surface area contributed by atoms with Crippen LogP contribution in [0.3, 0.4) is 0 Å². The number of rotatable bonds is 4. The van der Waals surface area contributed by atoms with E-state index in [1.54, 1.807) is 0 Å². The average molecular weight is 278 g/mol. The van der Waals surface area contributed by atoms with Gasteiger partial charge in [-0.05, 0) is 17.7 Å². The van der Waals surface area contributed by atoms with E-state index < -0.39 is 9.05 Å². The molecule has 0 saturated carbocycles. The van der Waals surface area contributed by atoms with Gasteiger partial charge in [-0.25, -0.2) is 8.42 Å². The molecule has 1 N–H and O–H groups in total. The lowest BCUT2D eigenvalue weighted by molar-refractivity contribution is 0.0962. The molecule has 0 aliphatic heterocycles. The molecule has 5 nitrogen and oxygen atoms in total. The second-order valence-electron chi connectivity index (χ2n) is 3.27. The van der Waals surface area contributed by atoms with Gasteiger partial charge in [0.05, 0.1) is 11.5 Å². The Labute approximate surface area is 104 Å². The first-order chi connectivity index (χ1) is 7.90. The minimum atomic E-state index is -3.91. The molecule has 0 fully saturated rings. The van der Waals surface area contributed by atoms with Crippen molar-refractivity contribution in [3.63, 3.8) is 0 Å². The summed E-state index contributed by atoms with van der Waals surface area (Å²) in [6, 6.07) is 4.25. The van der Waals surface area contributed by atoms with E-state index in [4.69, 9.17) is 15.4 Å². The van der Waals surface area contributed by atoms with Crippen molar-refractivity contribution in [3.05, 3.63) is 29.3 Å². The lowest BCUT2D eigenvalue weighted by Crippen LogP contribution is -2.18. The predicted octanol–water partition coefficient (Wildman–Crippen LogP) is 1.12. The van der Waals surface area contributed by atoms with Gasteiger partial charge in [0, 0.05) is 30.4 Å². The van der Waals surface area contributed by atoms with Crippen LogP contribution in [0, 0.1) is 0 Å². The van der Waals surface area contributed by atoms with Crippen molar-refractivity contribution in [1.29, 1.82) is 0 Å². The second-order valence-corrected chi connectivity index (χ2v) is 5.81. The highest BCUT2D eigenvalue weighted by Crippen LogP contribution is 2.22. The number of hydrogen-bond donors (Lipinski definition) is 1. The van der Waals surface area contributed by atoms with E-state index in [1.165, 1.54) is 32.4 Å². The van der Waals surface area contributed by atoms with Crippen LogP contribution in [0.4, 0.5) is 0 Å². The fraction of sp³-hybridized carbons (Fsp3) is 0.300. The van der Waals surface area contributed by atoms with E-state index in [2.05, 4.69) is 5.32 Å². The zero-order valence-corrected chi connectivity index (χ0v) is 10.9. The molecule has 0 bridgehead atoms. The quantitative estimate of drug-likeness (QED) is 0.837. The summed E-state index contributed by atoms with van der Waals surface area (Å²) in [6.07, 6.45) is 0. The Morgan fingerprint density at radius 2 is 2.12 bits per heavy atom. The highest BCUT2D eigenvalue weighted by atomic mass is 35.7. The lowest BCUT2D eigenvalue weighted by atomic mass is 10.1. The molecule has 0 aliphatic rings. The number of carbonyl (C=O) groups is 1. The molecular formula is C10H12ClNO4S. The summed E-state index contributed by atoms with van der Waals surface area (Å²) in [5, 5.41) is 2.40. The maximum Gasteiger partial charge on any atom is 0.261 e. The van der Waals surface area contributed by atoms with Crippen molar-refractivity contribution in [1.82, 2.24) is 5.32 Å². The standard InChI is InChI=1S/C10H12ClNO4S/c1-12-10(13)7-3-4-8(6-16-2)9(5-7)17(11,14)15/h3-5H,6H2,1-2H3,(H,12,13). The Balaban J connectivity index is 3.34. The minimum absolute atomic E-state index is 0.106. The van der Waals surface area contributed by atoms with E-state index in [-0.39, 0.29) is 23.0 Å². The van der Waals surface area contributed by atoms with E-state index in [9.17, 15) is 13.2 Å². The molecule has 0 aromatic heterocycles. The highest BCUT2D eigenvalue weighted by molar-refractivity contribution is 8.13. The van der Waals surface area contributed by atoms with Gasteiger partial charge in [-0.1, -0.05) is 6.07 Å². The first-order valence-corrected chi connectivity index (χ1v) is 6.99. The van der Waals surface area contributed by atoms with Crippen molar-refractivity contribution in [2.24, 2.45) is 0 Å². The third-order valence-electron chi connectivity index (χ3n) is 2.12. The van der Waals surface area contributed by atoms with Gasteiger partial charge in [-0.3, -0.25) is 4.79 Å². The van der Waals surface area contributed by atoms with Crippen molar-refractivity contribution in [2.75, 3.05) is 14.2 Å². The smallest absolute Gasteiger partial charge is 0.261 e. The molecule has 94 valence electrons. The molecule has 0 spiro atoms. The maximum absolute atomic E-state index is 11.4. The van der Waals surface area contributed by atoms with E-state index in [0.717, 1.165) is 0 Å². The highest BCUT2D eigenvalue weighted by Gasteiger charge is 2.18. The molecule has 0 radical (unpaired) electrons. The zero-order chi connectivity index (χ0) is 13.1. The Morgan fingerprint density at radius 1 is 1.47 bits per heavy atom. The fourth-order valence-corrected chi connectivity index (χ4v) is 2.48. The molecule has 17 heavy (non-hydrogen) atoms. The van der Waals surface area contributed by atoms with E-state index in [1.807, 2.05) is 0 Å². The van der Waals surface area contributed by atoms with Gasteiger partial charge in [0.15, 0.2) is 0 Å². The number of methoxy groups -OCH3 is 1.